The molecule has 156 valence electrons. The SMILES string of the molecule is CC(NC(=O)COc1ccc(-c2ccc(C#N)cc2)cc1)c1ccc2c(c1)OCCO2. The van der Waals surface area contributed by atoms with Crippen molar-refractivity contribution in [2.24, 2.45) is 0 Å². The van der Waals surface area contributed by atoms with Gasteiger partial charge in [0.25, 0.3) is 5.91 Å². The topological polar surface area (TPSA) is 80.6 Å². The van der Waals surface area contributed by atoms with E-state index >= 15 is 0 Å². The van der Waals surface area contributed by atoms with Crippen molar-refractivity contribution in [3.63, 3.8) is 0 Å². The lowest BCUT2D eigenvalue weighted by atomic mass is 10.0. The van der Waals surface area contributed by atoms with Crippen molar-refractivity contribution >= 4 is 5.91 Å². The Kier molecular flexibility index (Phi) is 6.04. The van der Waals surface area contributed by atoms with Crippen LogP contribution in [0, 0.1) is 11.3 Å². The fraction of sp³-hybridized carbons (Fsp3) is 0.200. The molecular formula is C25H22N2O4. The summed E-state index contributed by atoms with van der Waals surface area (Å²) in [6, 6.07) is 22.5. The first-order chi connectivity index (χ1) is 15.1. The molecule has 1 N–H and O–H groups in total. The zero-order valence-electron chi connectivity index (χ0n) is 17.1. The zero-order chi connectivity index (χ0) is 21.6. The summed E-state index contributed by atoms with van der Waals surface area (Å²) >= 11 is 0. The second-order valence-corrected chi connectivity index (χ2v) is 7.19. The number of carbonyl (C=O) groups excluding carboxylic acids is 1. The molecule has 0 saturated heterocycles. The summed E-state index contributed by atoms with van der Waals surface area (Å²) in [4.78, 5) is 12.3. The van der Waals surface area contributed by atoms with E-state index in [0.29, 0.717) is 30.3 Å². The lowest BCUT2D eigenvalue weighted by molar-refractivity contribution is -0.123. The number of carbonyl (C=O) groups is 1. The molecule has 0 aliphatic carbocycles. The van der Waals surface area contributed by atoms with Gasteiger partial charge in [-0.1, -0.05) is 30.3 Å². The fourth-order valence-corrected chi connectivity index (χ4v) is 3.33. The summed E-state index contributed by atoms with van der Waals surface area (Å²) in [6.45, 7) is 2.90. The van der Waals surface area contributed by atoms with Gasteiger partial charge in [0.2, 0.25) is 0 Å². The number of rotatable bonds is 6. The molecule has 3 aromatic rings. The third kappa shape index (κ3) is 4.96. The van der Waals surface area contributed by atoms with Gasteiger partial charge in [0.15, 0.2) is 18.1 Å². The van der Waals surface area contributed by atoms with Gasteiger partial charge in [-0.05, 0) is 60.0 Å². The Morgan fingerprint density at radius 1 is 1.00 bits per heavy atom. The van der Waals surface area contributed by atoms with Crippen molar-refractivity contribution in [2.45, 2.75) is 13.0 Å². The summed E-state index contributed by atoms with van der Waals surface area (Å²) < 4.78 is 16.8. The molecule has 1 atom stereocenters. The molecule has 31 heavy (non-hydrogen) atoms. The van der Waals surface area contributed by atoms with E-state index in [-0.39, 0.29) is 18.6 Å². The molecule has 1 aliphatic rings. The number of nitrogens with one attached hydrogen (secondary N) is 1. The predicted molar refractivity (Wildman–Crippen MR) is 116 cm³/mol. The van der Waals surface area contributed by atoms with Crippen LogP contribution in [0.25, 0.3) is 11.1 Å². The normalized spacial score (nSPS) is 13.0. The predicted octanol–water partition coefficient (Wildman–Crippen LogP) is 4.25. The van der Waals surface area contributed by atoms with Crippen molar-refractivity contribution in [2.75, 3.05) is 19.8 Å². The van der Waals surface area contributed by atoms with Crippen LogP contribution in [0.1, 0.15) is 24.1 Å². The third-order valence-corrected chi connectivity index (χ3v) is 5.02. The molecule has 1 aliphatic heterocycles. The highest BCUT2D eigenvalue weighted by atomic mass is 16.6. The molecule has 1 heterocycles. The summed E-state index contributed by atoms with van der Waals surface area (Å²) in [7, 11) is 0. The Morgan fingerprint density at radius 3 is 2.32 bits per heavy atom. The van der Waals surface area contributed by atoms with Crippen LogP contribution in [0.2, 0.25) is 0 Å². The molecule has 4 rings (SSSR count). The minimum Gasteiger partial charge on any atom is -0.486 e. The van der Waals surface area contributed by atoms with Gasteiger partial charge in [-0.25, -0.2) is 0 Å². The van der Waals surface area contributed by atoms with Gasteiger partial charge < -0.3 is 19.5 Å². The molecule has 0 bridgehead atoms. The number of nitriles is 1. The van der Waals surface area contributed by atoms with Crippen molar-refractivity contribution in [3.8, 4) is 34.4 Å². The average molecular weight is 414 g/mol. The van der Waals surface area contributed by atoms with Crippen LogP contribution in [0.15, 0.2) is 66.7 Å². The molecule has 0 fully saturated rings. The van der Waals surface area contributed by atoms with Crippen LogP contribution < -0.4 is 19.5 Å². The van der Waals surface area contributed by atoms with Crippen molar-refractivity contribution in [1.82, 2.24) is 5.32 Å². The number of nitrogens with zero attached hydrogens (tertiary/aromatic N) is 1. The second-order valence-electron chi connectivity index (χ2n) is 7.19. The number of hydrogen-bond acceptors (Lipinski definition) is 5. The Morgan fingerprint density at radius 2 is 1.65 bits per heavy atom. The van der Waals surface area contributed by atoms with E-state index in [4.69, 9.17) is 19.5 Å². The Bertz CT molecular complexity index is 1100. The minimum absolute atomic E-state index is 0.0783. The third-order valence-electron chi connectivity index (χ3n) is 5.02. The fourth-order valence-electron chi connectivity index (χ4n) is 3.33. The molecule has 3 aromatic carbocycles. The summed E-state index contributed by atoms with van der Waals surface area (Å²) in [5.41, 5.74) is 3.58. The zero-order valence-corrected chi connectivity index (χ0v) is 17.1. The van der Waals surface area contributed by atoms with E-state index in [1.807, 2.05) is 61.5 Å². The summed E-state index contributed by atoms with van der Waals surface area (Å²) in [5, 5.41) is 11.8. The maximum Gasteiger partial charge on any atom is 0.258 e. The standard InChI is InChI=1S/C25H22N2O4/c1-17(21-8-11-23-24(14-21)30-13-12-29-23)27-25(28)16-31-22-9-6-20(7-10-22)19-4-2-18(15-26)3-5-19/h2-11,14,17H,12-13,16H2,1H3,(H,27,28). The molecule has 1 unspecified atom stereocenters. The highest BCUT2D eigenvalue weighted by Crippen LogP contribution is 2.32. The minimum atomic E-state index is -0.210. The molecule has 6 nitrogen and oxygen atoms in total. The van der Waals surface area contributed by atoms with Crippen molar-refractivity contribution in [3.05, 3.63) is 77.9 Å². The van der Waals surface area contributed by atoms with E-state index < -0.39 is 0 Å². The molecule has 0 radical (unpaired) electrons. The number of benzene rings is 3. The highest BCUT2D eigenvalue weighted by Gasteiger charge is 2.16. The van der Waals surface area contributed by atoms with Crippen LogP contribution in [-0.4, -0.2) is 25.7 Å². The van der Waals surface area contributed by atoms with E-state index in [0.717, 1.165) is 22.4 Å². The molecule has 0 aromatic heterocycles. The summed E-state index contributed by atoms with van der Waals surface area (Å²) in [6.07, 6.45) is 0. The molecule has 0 saturated carbocycles. The average Bonchev–Trinajstić information content (AvgIpc) is 2.83. The lowest BCUT2D eigenvalue weighted by Crippen LogP contribution is -2.31. The number of ether oxygens (including phenoxy) is 3. The Hall–Kier alpha value is -3.98. The quantitative estimate of drug-likeness (QED) is 0.652. The maximum absolute atomic E-state index is 12.3. The van der Waals surface area contributed by atoms with Gasteiger partial charge in [-0.3, -0.25) is 4.79 Å². The van der Waals surface area contributed by atoms with Crippen LogP contribution in [0.3, 0.4) is 0 Å². The van der Waals surface area contributed by atoms with Gasteiger partial charge in [0.05, 0.1) is 17.7 Å². The Labute approximate surface area is 181 Å². The maximum atomic E-state index is 12.3. The highest BCUT2D eigenvalue weighted by molar-refractivity contribution is 5.78. The Balaban J connectivity index is 1.30. The molecule has 6 heteroatoms. The van der Waals surface area contributed by atoms with Gasteiger partial charge in [-0.15, -0.1) is 0 Å². The molecule has 1 amide bonds. The van der Waals surface area contributed by atoms with E-state index in [9.17, 15) is 4.79 Å². The first-order valence-electron chi connectivity index (χ1n) is 10.0. The summed E-state index contributed by atoms with van der Waals surface area (Å²) in [5.74, 6) is 1.82. The van der Waals surface area contributed by atoms with Crippen LogP contribution in [-0.2, 0) is 4.79 Å². The van der Waals surface area contributed by atoms with E-state index in [2.05, 4.69) is 11.4 Å². The first-order valence-corrected chi connectivity index (χ1v) is 10.0. The van der Waals surface area contributed by atoms with Crippen molar-refractivity contribution < 1.29 is 19.0 Å². The van der Waals surface area contributed by atoms with Crippen LogP contribution >= 0.6 is 0 Å². The van der Waals surface area contributed by atoms with Crippen molar-refractivity contribution in [1.29, 1.82) is 5.26 Å². The first kappa shape index (κ1) is 20.3. The van der Waals surface area contributed by atoms with Gasteiger partial charge in [-0.2, -0.15) is 5.26 Å². The molecular weight excluding hydrogens is 392 g/mol. The largest absolute Gasteiger partial charge is 0.486 e. The van der Waals surface area contributed by atoms with Gasteiger partial charge in [0, 0.05) is 0 Å². The van der Waals surface area contributed by atoms with E-state index in [1.165, 1.54) is 0 Å². The van der Waals surface area contributed by atoms with Gasteiger partial charge >= 0.3 is 0 Å². The second kappa shape index (κ2) is 9.23. The smallest absolute Gasteiger partial charge is 0.258 e. The van der Waals surface area contributed by atoms with Crippen LogP contribution in [0.4, 0.5) is 0 Å². The number of fused-ring (bicyclic) bond motifs is 1. The molecule has 0 spiro atoms. The number of amides is 1. The monoisotopic (exact) mass is 414 g/mol. The van der Waals surface area contributed by atoms with Crippen LogP contribution in [0.5, 0.6) is 17.2 Å². The van der Waals surface area contributed by atoms with Gasteiger partial charge in [0.1, 0.15) is 19.0 Å². The number of hydrogen-bond donors (Lipinski definition) is 1. The lowest BCUT2D eigenvalue weighted by Gasteiger charge is -2.21. The van der Waals surface area contributed by atoms with E-state index in [1.54, 1.807) is 12.1 Å².